The van der Waals surface area contributed by atoms with E-state index in [-0.39, 0.29) is 30.2 Å². The molecule has 3 nitrogen and oxygen atoms in total. The summed E-state index contributed by atoms with van der Waals surface area (Å²) in [6, 6.07) is 26.9. The van der Waals surface area contributed by atoms with Crippen LogP contribution >= 0.6 is 0 Å². The minimum absolute atomic E-state index is 0.00999. The molecule has 2 atom stereocenters. The van der Waals surface area contributed by atoms with Crippen LogP contribution in [0, 0.1) is 0 Å². The van der Waals surface area contributed by atoms with E-state index in [1.807, 2.05) is 71.6 Å². The van der Waals surface area contributed by atoms with Crippen LogP contribution in [0.2, 0.25) is 0 Å². The number of amides is 1. The second-order valence-corrected chi connectivity index (χ2v) is 6.78. The molecule has 27 heavy (non-hydrogen) atoms. The van der Waals surface area contributed by atoms with Crippen molar-refractivity contribution in [2.75, 3.05) is 0 Å². The first kappa shape index (κ1) is 18.7. The minimum Gasteiger partial charge on any atom is -0.508 e. The highest BCUT2D eigenvalue weighted by Crippen LogP contribution is 2.31. The lowest BCUT2D eigenvalue weighted by molar-refractivity contribution is -0.135. The number of hydrogen-bond donors (Lipinski definition) is 1. The van der Waals surface area contributed by atoms with Crippen LogP contribution in [0.25, 0.3) is 0 Å². The SMILES string of the molecule is C[C@@H](c1ccccc1)N(C(=O)Cc1ccccc1O)[C@@H](C)c1ccccc1. The molecule has 0 fully saturated rings. The van der Waals surface area contributed by atoms with Gasteiger partial charge >= 0.3 is 0 Å². The number of phenolic OH excluding ortho intramolecular Hbond substituents is 1. The van der Waals surface area contributed by atoms with E-state index >= 15 is 0 Å². The highest BCUT2D eigenvalue weighted by atomic mass is 16.3. The average molecular weight is 359 g/mol. The largest absolute Gasteiger partial charge is 0.508 e. The van der Waals surface area contributed by atoms with Crippen LogP contribution in [0.15, 0.2) is 84.9 Å². The molecule has 138 valence electrons. The van der Waals surface area contributed by atoms with Crippen LogP contribution in [0.1, 0.15) is 42.6 Å². The van der Waals surface area contributed by atoms with E-state index in [9.17, 15) is 9.90 Å². The lowest BCUT2D eigenvalue weighted by atomic mass is 9.99. The molecule has 0 aliphatic carbocycles. The van der Waals surface area contributed by atoms with Crippen molar-refractivity contribution in [3.63, 3.8) is 0 Å². The fourth-order valence-corrected chi connectivity index (χ4v) is 3.47. The lowest BCUT2D eigenvalue weighted by Gasteiger charge is -2.35. The molecule has 0 unspecified atom stereocenters. The molecule has 3 aromatic rings. The Morgan fingerprint density at radius 1 is 0.778 bits per heavy atom. The van der Waals surface area contributed by atoms with Crippen LogP contribution in [0.5, 0.6) is 5.75 Å². The van der Waals surface area contributed by atoms with Crippen molar-refractivity contribution in [1.82, 2.24) is 4.90 Å². The molecule has 0 aromatic heterocycles. The average Bonchev–Trinajstić information content (AvgIpc) is 2.71. The summed E-state index contributed by atoms with van der Waals surface area (Å²) in [4.78, 5) is 15.2. The maximum Gasteiger partial charge on any atom is 0.228 e. The number of aromatic hydroxyl groups is 1. The van der Waals surface area contributed by atoms with Gasteiger partial charge in [-0.25, -0.2) is 0 Å². The first-order valence-corrected chi connectivity index (χ1v) is 9.26. The third-order valence-electron chi connectivity index (χ3n) is 5.02. The van der Waals surface area contributed by atoms with Gasteiger partial charge in [-0.2, -0.15) is 0 Å². The van der Waals surface area contributed by atoms with Crippen molar-refractivity contribution in [2.24, 2.45) is 0 Å². The predicted octanol–water partition coefficient (Wildman–Crippen LogP) is 5.29. The van der Waals surface area contributed by atoms with Gasteiger partial charge in [0.2, 0.25) is 5.91 Å². The Labute approximate surface area is 160 Å². The number of carbonyl (C=O) groups excluding carboxylic acids is 1. The quantitative estimate of drug-likeness (QED) is 0.650. The number of rotatable bonds is 6. The van der Waals surface area contributed by atoms with Gasteiger partial charge in [0.1, 0.15) is 5.75 Å². The van der Waals surface area contributed by atoms with E-state index in [1.165, 1.54) is 0 Å². The molecule has 0 heterocycles. The number of hydrogen-bond acceptors (Lipinski definition) is 2. The Bertz CT molecular complexity index is 832. The molecule has 1 amide bonds. The van der Waals surface area contributed by atoms with Crippen molar-refractivity contribution in [1.29, 1.82) is 0 Å². The van der Waals surface area contributed by atoms with Gasteiger partial charge in [0.15, 0.2) is 0 Å². The Morgan fingerprint density at radius 3 is 1.70 bits per heavy atom. The molecule has 0 radical (unpaired) electrons. The Balaban J connectivity index is 1.94. The van der Waals surface area contributed by atoms with Gasteiger partial charge in [0.05, 0.1) is 18.5 Å². The topological polar surface area (TPSA) is 40.5 Å². The Morgan fingerprint density at radius 2 is 1.22 bits per heavy atom. The van der Waals surface area contributed by atoms with E-state index in [0.717, 1.165) is 11.1 Å². The van der Waals surface area contributed by atoms with E-state index in [0.29, 0.717) is 5.56 Å². The van der Waals surface area contributed by atoms with E-state index in [4.69, 9.17) is 0 Å². The smallest absolute Gasteiger partial charge is 0.228 e. The maximum atomic E-state index is 13.3. The standard InChI is InChI=1S/C24H25NO2/c1-18(20-11-5-3-6-12-20)25(19(2)21-13-7-4-8-14-21)24(27)17-22-15-9-10-16-23(22)26/h3-16,18-19,26H,17H2,1-2H3/t18-,19-/m0/s1. The summed E-state index contributed by atoms with van der Waals surface area (Å²) in [5, 5.41) is 10.1. The molecule has 3 aromatic carbocycles. The summed E-state index contributed by atoms with van der Waals surface area (Å²) < 4.78 is 0. The van der Waals surface area contributed by atoms with Gasteiger partial charge in [-0.15, -0.1) is 0 Å². The summed E-state index contributed by atoms with van der Waals surface area (Å²) >= 11 is 0. The van der Waals surface area contributed by atoms with Crippen molar-refractivity contribution in [2.45, 2.75) is 32.4 Å². The second kappa shape index (κ2) is 8.54. The van der Waals surface area contributed by atoms with Crippen LogP contribution in [0.3, 0.4) is 0 Å². The Kier molecular flexibility index (Phi) is 5.92. The predicted molar refractivity (Wildman–Crippen MR) is 108 cm³/mol. The zero-order valence-electron chi connectivity index (χ0n) is 15.7. The first-order valence-electron chi connectivity index (χ1n) is 9.26. The summed E-state index contributed by atoms with van der Waals surface area (Å²) in [6.07, 6.45) is 0.168. The zero-order chi connectivity index (χ0) is 19.2. The fraction of sp³-hybridized carbons (Fsp3) is 0.208. The lowest BCUT2D eigenvalue weighted by Crippen LogP contribution is -2.37. The van der Waals surface area contributed by atoms with Gasteiger partial charge in [-0.1, -0.05) is 78.9 Å². The second-order valence-electron chi connectivity index (χ2n) is 6.78. The summed E-state index contributed by atoms with van der Waals surface area (Å²) in [5.41, 5.74) is 2.82. The molecule has 3 heteroatoms. The van der Waals surface area contributed by atoms with Crippen LogP contribution in [-0.2, 0) is 11.2 Å². The number of para-hydroxylation sites is 1. The minimum atomic E-state index is -0.0836. The highest BCUT2D eigenvalue weighted by Gasteiger charge is 2.27. The van der Waals surface area contributed by atoms with Gasteiger partial charge in [-0.05, 0) is 31.0 Å². The van der Waals surface area contributed by atoms with Crippen molar-refractivity contribution < 1.29 is 9.90 Å². The van der Waals surface area contributed by atoms with E-state index in [1.54, 1.807) is 18.2 Å². The van der Waals surface area contributed by atoms with E-state index < -0.39 is 0 Å². The van der Waals surface area contributed by atoms with Crippen LogP contribution in [0.4, 0.5) is 0 Å². The maximum absolute atomic E-state index is 13.3. The monoisotopic (exact) mass is 359 g/mol. The normalized spacial score (nSPS) is 13.0. The summed E-state index contributed by atoms with van der Waals surface area (Å²) in [7, 11) is 0. The molecule has 0 bridgehead atoms. The Hall–Kier alpha value is -3.07. The highest BCUT2D eigenvalue weighted by molar-refractivity contribution is 5.80. The van der Waals surface area contributed by atoms with Gasteiger partial charge in [-0.3, -0.25) is 4.79 Å². The van der Waals surface area contributed by atoms with E-state index in [2.05, 4.69) is 13.8 Å². The van der Waals surface area contributed by atoms with Crippen molar-refractivity contribution >= 4 is 5.91 Å². The van der Waals surface area contributed by atoms with Gasteiger partial charge in [0.25, 0.3) is 0 Å². The summed E-state index contributed by atoms with van der Waals surface area (Å²) in [5.74, 6) is 0.148. The molecule has 0 aliphatic rings. The van der Waals surface area contributed by atoms with Crippen molar-refractivity contribution in [3.05, 3.63) is 102 Å². The molecule has 0 aliphatic heterocycles. The number of nitrogens with zero attached hydrogens (tertiary/aromatic N) is 1. The third-order valence-corrected chi connectivity index (χ3v) is 5.02. The van der Waals surface area contributed by atoms with Crippen LogP contribution < -0.4 is 0 Å². The summed E-state index contributed by atoms with van der Waals surface area (Å²) in [6.45, 7) is 4.11. The fourth-order valence-electron chi connectivity index (χ4n) is 3.47. The molecule has 0 spiro atoms. The van der Waals surface area contributed by atoms with Crippen LogP contribution in [-0.4, -0.2) is 15.9 Å². The van der Waals surface area contributed by atoms with Crippen molar-refractivity contribution in [3.8, 4) is 5.75 Å². The molecule has 1 N–H and O–H groups in total. The third kappa shape index (κ3) is 4.37. The zero-order valence-corrected chi connectivity index (χ0v) is 15.7. The molecular weight excluding hydrogens is 334 g/mol. The molecular formula is C24H25NO2. The number of benzene rings is 3. The number of carbonyl (C=O) groups is 1. The van der Waals surface area contributed by atoms with Gasteiger partial charge in [0, 0.05) is 5.56 Å². The molecule has 0 saturated carbocycles. The van der Waals surface area contributed by atoms with Gasteiger partial charge < -0.3 is 10.0 Å². The first-order chi connectivity index (χ1) is 13.1. The molecule has 3 rings (SSSR count). The number of phenols is 1. The molecule has 0 saturated heterocycles.